The van der Waals surface area contributed by atoms with Gasteiger partial charge in [0.25, 0.3) is 0 Å². The third kappa shape index (κ3) is 4.66. The SMILES string of the molecule is O=P(c1ccccc1)(c1ccccc1)c1cccc2c(-c3ccc(-c4ccc5c6ccccc6c6nc7c(n6c5c4)C=CCC7)cc3)cccc12. The average molecular weight is 673 g/mol. The van der Waals surface area contributed by atoms with Crippen LogP contribution in [0.4, 0.5) is 0 Å². The van der Waals surface area contributed by atoms with Crippen LogP contribution in [0.5, 0.6) is 0 Å². The highest BCUT2D eigenvalue weighted by atomic mass is 31.2. The molecule has 10 rings (SSSR count). The molecular formula is C47H33N2OP. The number of benzene rings is 7. The minimum absolute atomic E-state index is 0.839. The fourth-order valence-electron chi connectivity index (χ4n) is 8.07. The fourth-order valence-corrected chi connectivity index (χ4v) is 10.9. The second-order valence-corrected chi connectivity index (χ2v) is 16.1. The molecule has 4 heteroatoms. The third-order valence-corrected chi connectivity index (χ3v) is 13.6. The van der Waals surface area contributed by atoms with E-state index in [9.17, 15) is 0 Å². The molecule has 1 aliphatic rings. The zero-order valence-electron chi connectivity index (χ0n) is 27.9. The first-order valence-corrected chi connectivity index (χ1v) is 19.3. The number of allylic oxidation sites excluding steroid dienone is 1. The van der Waals surface area contributed by atoms with Crippen molar-refractivity contribution in [2.45, 2.75) is 12.8 Å². The second-order valence-electron chi connectivity index (χ2n) is 13.4. The van der Waals surface area contributed by atoms with Crippen molar-refractivity contribution in [1.82, 2.24) is 9.38 Å². The van der Waals surface area contributed by atoms with Crippen molar-refractivity contribution in [2.75, 3.05) is 0 Å². The van der Waals surface area contributed by atoms with E-state index in [0.29, 0.717) is 0 Å². The Labute approximate surface area is 296 Å². The number of rotatable bonds is 5. The molecule has 0 saturated heterocycles. The number of imidazole rings is 1. The monoisotopic (exact) mass is 672 g/mol. The number of hydrogen-bond acceptors (Lipinski definition) is 2. The van der Waals surface area contributed by atoms with Crippen LogP contribution in [-0.4, -0.2) is 9.38 Å². The molecule has 0 saturated carbocycles. The minimum Gasteiger partial charge on any atom is -0.309 e. The van der Waals surface area contributed by atoms with Crippen LogP contribution in [-0.2, 0) is 11.0 Å². The lowest BCUT2D eigenvalue weighted by molar-refractivity contribution is 0.592. The smallest absolute Gasteiger partial charge is 0.171 e. The molecule has 0 N–H and O–H groups in total. The van der Waals surface area contributed by atoms with Crippen LogP contribution >= 0.6 is 7.14 Å². The van der Waals surface area contributed by atoms with Crippen LogP contribution in [0.15, 0.2) is 170 Å². The van der Waals surface area contributed by atoms with Gasteiger partial charge in [-0.15, -0.1) is 0 Å². The van der Waals surface area contributed by atoms with Gasteiger partial charge in [-0.1, -0.05) is 164 Å². The lowest BCUT2D eigenvalue weighted by atomic mass is 9.95. The van der Waals surface area contributed by atoms with E-state index in [1.54, 1.807) is 0 Å². The number of aromatic nitrogens is 2. The predicted molar refractivity (Wildman–Crippen MR) is 215 cm³/mol. The van der Waals surface area contributed by atoms with Gasteiger partial charge in [0.2, 0.25) is 0 Å². The maximum absolute atomic E-state index is 15.4. The molecule has 2 aromatic heterocycles. The molecule has 0 atom stereocenters. The summed E-state index contributed by atoms with van der Waals surface area (Å²) in [5.74, 6) is 0. The predicted octanol–water partition coefficient (Wildman–Crippen LogP) is 10.7. The molecule has 0 bridgehead atoms. The molecule has 9 aromatic rings. The molecule has 242 valence electrons. The zero-order chi connectivity index (χ0) is 33.9. The largest absolute Gasteiger partial charge is 0.309 e. The lowest BCUT2D eigenvalue weighted by Gasteiger charge is -2.22. The van der Waals surface area contributed by atoms with E-state index in [0.717, 1.165) is 61.9 Å². The van der Waals surface area contributed by atoms with Gasteiger partial charge in [0.1, 0.15) is 5.65 Å². The molecule has 0 unspecified atom stereocenters. The first-order chi connectivity index (χ1) is 25.2. The van der Waals surface area contributed by atoms with Gasteiger partial charge in [0, 0.05) is 26.7 Å². The van der Waals surface area contributed by atoms with Crippen molar-refractivity contribution in [2.24, 2.45) is 0 Å². The minimum atomic E-state index is -3.15. The van der Waals surface area contributed by atoms with Crippen LogP contribution in [0.25, 0.3) is 66.4 Å². The maximum atomic E-state index is 15.4. The number of fused-ring (bicyclic) bond motifs is 9. The van der Waals surface area contributed by atoms with E-state index in [4.69, 9.17) is 4.98 Å². The molecule has 0 fully saturated rings. The number of hydrogen-bond donors (Lipinski definition) is 0. The van der Waals surface area contributed by atoms with Gasteiger partial charge in [-0.05, 0) is 63.4 Å². The Balaban J connectivity index is 1.10. The highest BCUT2D eigenvalue weighted by Gasteiger charge is 2.31. The zero-order valence-corrected chi connectivity index (χ0v) is 28.8. The summed E-state index contributed by atoms with van der Waals surface area (Å²) in [6.07, 6.45) is 6.50. The summed E-state index contributed by atoms with van der Waals surface area (Å²) >= 11 is 0. The summed E-state index contributed by atoms with van der Waals surface area (Å²) in [5.41, 5.74) is 9.14. The Morgan fingerprint density at radius 1 is 0.529 bits per heavy atom. The molecule has 51 heavy (non-hydrogen) atoms. The number of nitrogens with zero attached hydrogens (tertiary/aromatic N) is 2. The van der Waals surface area contributed by atoms with Gasteiger partial charge in [0.15, 0.2) is 7.14 Å². The average Bonchev–Trinajstić information content (AvgIpc) is 3.61. The van der Waals surface area contributed by atoms with Gasteiger partial charge in [-0.25, -0.2) is 4.98 Å². The Hall–Kier alpha value is -6.02. The van der Waals surface area contributed by atoms with Crippen molar-refractivity contribution in [3.05, 3.63) is 181 Å². The van der Waals surface area contributed by atoms with Gasteiger partial charge >= 0.3 is 0 Å². The first-order valence-electron chi connectivity index (χ1n) is 17.6. The Kier molecular flexibility index (Phi) is 6.91. The maximum Gasteiger partial charge on any atom is 0.171 e. The van der Waals surface area contributed by atoms with Crippen LogP contribution in [0, 0.1) is 0 Å². The molecule has 3 nitrogen and oxygen atoms in total. The van der Waals surface area contributed by atoms with Crippen molar-refractivity contribution in [3.63, 3.8) is 0 Å². The van der Waals surface area contributed by atoms with E-state index in [-0.39, 0.29) is 0 Å². The molecular weight excluding hydrogens is 640 g/mol. The van der Waals surface area contributed by atoms with Crippen LogP contribution < -0.4 is 15.9 Å². The fraction of sp³-hybridized carbons (Fsp3) is 0.0426. The van der Waals surface area contributed by atoms with Gasteiger partial charge < -0.3 is 4.57 Å². The Morgan fingerprint density at radius 3 is 1.92 bits per heavy atom. The summed E-state index contributed by atoms with van der Waals surface area (Å²) in [6.45, 7) is 0. The van der Waals surface area contributed by atoms with Crippen LogP contribution in [0.1, 0.15) is 17.8 Å². The summed E-state index contributed by atoms with van der Waals surface area (Å²) < 4.78 is 17.7. The topological polar surface area (TPSA) is 34.4 Å². The van der Waals surface area contributed by atoms with E-state index < -0.39 is 7.14 Å². The molecule has 0 amide bonds. The molecule has 0 radical (unpaired) electrons. The third-order valence-electron chi connectivity index (χ3n) is 10.5. The summed E-state index contributed by atoms with van der Waals surface area (Å²) in [7, 11) is -3.15. The second kappa shape index (κ2) is 11.8. The standard InChI is InChI=1S/C47H33N2OP/c50-51(35-13-3-1-4-14-35,36-15-5-2-6-16-36)46-24-12-20-38-37(19-11-21-41(38)46)33-27-25-32(26-28-33)34-29-30-40-39-17-7-8-18-42(39)47-48-43-22-9-10-23-44(43)49(47)45(40)31-34/h1-8,10-21,23-31H,9,22H2. The number of aryl methyl sites for hydroxylation is 1. The van der Waals surface area contributed by atoms with Gasteiger partial charge in [-0.3, -0.25) is 4.40 Å². The van der Waals surface area contributed by atoms with E-state index >= 15 is 4.57 Å². The van der Waals surface area contributed by atoms with Crippen molar-refractivity contribution in [3.8, 4) is 22.3 Å². The van der Waals surface area contributed by atoms with E-state index in [2.05, 4.69) is 114 Å². The molecule has 0 aliphatic heterocycles. The van der Waals surface area contributed by atoms with Crippen molar-refractivity contribution < 1.29 is 4.57 Å². The van der Waals surface area contributed by atoms with Crippen molar-refractivity contribution >= 4 is 67.2 Å². The van der Waals surface area contributed by atoms with Crippen LogP contribution in [0.3, 0.4) is 0 Å². The molecule has 7 aromatic carbocycles. The first kappa shape index (κ1) is 29.9. The van der Waals surface area contributed by atoms with E-state index in [1.807, 2.05) is 66.7 Å². The highest BCUT2D eigenvalue weighted by Crippen LogP contribution is 2.45. The molecule has 2 heterocycles. The highest BCUT2D eigenvalue weighted by molar-refractivity contribution is 7.85. The Bertz CT molecular complexity index is 2830. The normalized spacial score (nSPS) is 12.9. The Morgan fingerprint density at radius 2 is 1.16 bits per heavy atom. The molecule has 1 aliphatic carbocycles. The van der Waals surface area contributed by atoms with Crippen LogP contribution in [0.2, 0.25) is 0 Å². The van der Waals surface area contributed by atoms with Gasteiger partial charge in [-0.2, -0.15) is 0 Å². The lowest BCUT2D eigenvalue weighted by Crippen LogP contribution is -2.25. The number of pyridine rings is 1. The quantitative estimate of drug-likeness (QED) is 0.135. The summed E-state index contributed by atoms with van der Waals surface area (Å²) in [6, 6.07) is 56.8. The summed E-state index contributed by atoms with van der Waals surface area (Å²) in [5, 5.41) is 8.29. The van der Waals surface area contributed by atoms with Crippen molar-refractivity contribution in [1.29, 1.82) is 0 Å². The van der Waals surface area contributed by atoms with E-state index in [1.165, 1.54) is 38.6 Å². The summed E-state index contributed by atoms with van der Waals surface area (Å²) in [4.78, 5) is 5.15. The molecule has 0 spiro atoms. The van der Waals surface area contributed by atoms with Gasteiger partial charge in [0.05, 0.1) is 16.9 Å².